The highest BCUT2D eigenvalue weighted by atomic mass is 32.2. The lowest BCUT2D eigenvalue weighted by Gasteiger charge is -2.36. The number of nitrogens with zero attached hydrogens (tertiary/aromatic N) is 8. The molecule has 0 bridgehead atoms. The molecule has 1 saturated heterocycles. The third-order valence-electron chi connectivity index (χ3n) is 12.4. The highest BCUT2D eigenvalue weighted by Gasteiger charge is 2.33. The number of likely N-dealkylation sites (N-methyl/N-ethyl adjacent to an activating group) is 1. The lowest BCUT2D eigenvalue weighted by atomic mass is 9.69. The molecule has 19 heteroatoms. The number of rotatable bonds is 18. The van der Waals surface area contributed by atoms with Crippen LogP contribution >= 0.6 is 11.8 Å². The quantitative estimate of drug-likeness (QED) is 0.0359. The number of hydrogen-bond acceptors (Lipinski definition) is 14. The zero-order chi connectivity index (χ0) is 50.6. The summed E-state index contributed by atoms with van der Waals surface area (Å²) in [5.41, 5.74) is 6.93. The summed E-state index contributed by atoms with van der Waals surface area (Å²) < 4.78 is 28.2. The van der Waals surface area contributed by atoms with E-state index in [0.29, 0.717) is 53.9 Å². The lowest BCUT2D eigenvalue weighted by molar-refractivity contribution is -0.137. The van der Waals surface area contributed by atoms with Gasteiger partial charge in [0.25, 0.3) is 0 Å². The van der Waals surface area contributed by atoms with Crippen molar-refractivity contribution in [1.82, 2.24) is 50.2 Å². The maximum Gasteiger partial charge on any atom is 0.247 e. The molecule has 4 N–H and O–H groups in total. The van der Waals surface area contributed by atoms with Crippen LogP contribution in [0.2, 0.25) is 0 Å². The molecule has 71 heavy (non-hydrogen) atoms. The third-order valence-corrected chi connectivity index (χ3v) is 13.3. The van der Waals surface area contributed by atoms with Gasteiger partial charge in [-0.15, -0.1) is 5.10 Å². The Morgan fingerprint density at radius 3 is 2.48 bits per heavy atom. The van der Waals surface area contributed by atoms with Gasteiger partial charge in [-0.2, -0.15) is 19.7 Å². The molecule has 9 rings (SSSR count). The van der Waals surface area contributed by atoms with Crippen molar-refractivity contribution in [3.8, 4) is 17.0 Å². The predicted octanol–water partition coefficient (Wildman–Crippen LogP) is 9.33. The number of nitrogens with one attached hydrogen (secondary N) is 4. The maximum atomic E-state index is 15.5. The second-order valence-corrected chi connectivity index (χ2v) is 18.7. The predicted molar refractivity (Wildman–Crippen MR) is 272 cm³/mol. The van der Waals surface area contributed by atoms with Crippen LogP contribution in [-0.2, 0) is 27.3 Å². The lowest BCUT2D eigenvalue weighted by Crippen LogP contribution is -2.51. The Kier molecular flexibility index (Phi) is 17.6. The summed E-state index contributed by atoms with van der Waals surface area (Å²) in [6, 6.07) is 19.0. The van der Waals surface area contributed by atoms with Crippen molar-refractivity contribution in [1.29, 1.82) is 0 Å². The number of imide groups is 1. The van der Waals surface area contributed by atoms with Crippen LogP contribution in [0.15, 0.2) is 107 Å². The largest absolute Gasteiger partial charge is 0.485 e. The molecule has 2 aliphatic rings. The average Bonchev–Trinajstić information content (AvgIpc) is 4.16. The van der Waals surface area contributed by atoms with Gasteiger partial charge in [-0.1, -0.05) is 55.9 Å². The number of carbonyl (C=O) groups is 3. The maximum absolute atomic E-state index is 15.5. The van der Waals surface area contributed by atoms with Crippen molar-refractivity contribution in [3.05, 3.63) is 125 Å². The topological polar surface area (TPSA) is 210 Å². The summed E-state index contributed by atoms with van der Waals surface area (Å²) in [7, 11) is 3.51. The molecule has 1 aliphatic heterocycles. The molecule has 4 aromatic heterocycles. The summed E-state index contributed by atoms with van der Waals surface area (Å²) >= 11 is 1.50. The molecule has 1 aliphatic carbocycles. The van der Waals surface area contributed by atoms with Crippen LogP contribution in [0.4, 0.5) is 16.0 Å². The van der Waals surface area contributed by atoms with Gasteiger partial charge >= 0.3 is 0 Å². The Balaban J connectivity index is 0.000000461. The number of benzene rings is 3. The van der Waals surface area contributed by atoms with Crippen molar-refractivity contribution in [2.45, 2.75) is 113 Å². The molecule has 7 aromatic rings. The van der Waals surface area contributed by atoms with Crippen LogP contribution in [0.5, 0.6) is 5.75 Å². The Morgan fingerprint density at radius 1 is 1.03 bits per heavy atom. The number of fused-ring (bicyclic) bond motifs is 1. The van der Waals surface area contributed by atoms with E-state index >= 15 is 4.39 Å². The van der Waals surface area contributed by atoms with Gasteiger partial charge in [0.15, 0.2) is 5.75 Å². The van der Waals surface area contributed by atoms with E-state index in [1.807, 2.05) is 76.9 Å². The van der Waals surface area contributed by atoms with Gasteiger partial charge in [-0.05, 0) is 119 Å². The van der Waals surface area contributed by atoms with Crippen LogP contribution in [0.3, 0.4) is 0 Å². The Hall–Kier alpha value is -7.09. The van der Waals surface area contributed by atoms with Crippen molar-refractivity contribution in [2.24, 2.45) is 10.9 Å². The number of carbonyl (C=O) groups excluding carboxylic acids is 3. The molecule has 3 unspecified atom stereocenters. The molecule has 372 valence electrons. The van der Waals surface area contributed by atoms with E-state index in [1.54, 1.807) is 38.0 Å². The third kappa shape index (κ3) is 12.8. The SMILES string of the molecule is C=NC(c1cn[nH]c1)C(C)OC.CC.CC(C)Oc1c(-c2cn[nH]c2)ncn2nc(Nc3ccc(Sc4cccc(CC5CC(c6ccc(C=O)c(CN(C)C7CCC(=O)NC7=O)c6)C5)c4)cc3F)nc12. The molecule has 0 spiro atoms. The first-order chi connectivity index (χ1) is 34.4. The average molecular weight is 985 g/mol. The summed E-state index contributed by atoms with van der Waals surface area (Å²) in [6.07, 6.45) is 13.0. The van der Waals surface area contributed by atoms with Gasteiger partial charge in [0, 0.05) is 59.0 Å². The Labute approximate surface area is 416 Å². The number of aromatic nitrogens is 8. The first-order valence-electron chi connectivity index (χ1n) is 23.7. The summed E-state index contributed by atoms with van der Waals surface area (Å²) in [4.78, 5) is 52.7. The Bertz CT molecular complexity index is 2900. The molecule has 17 nitrogen and oxygen atoms in total. The number of aromatic amines is 2. The molecule has 2 amide bonds. The number of amides is 2. The molecule has 2 fully saturated rings. The fourth-order valence-electron chi connectivity index (χ4n) is 8.67. The number of hydrogen-bond donors (Lipinski definition) is 4. The summed E-state index contributed by atoms with van der Waals surface area (Å²) in [5.74, 6) is 0.608. The fraction of sp³-hybridized carbons (Fsp3) is 0.365. The number of piperidine rings is 1. The van der Waals surface area contributed by atoms with Crippen molar-refractivity contribution in [2.75, 3.05) is 19.5 Å². The van der Waals surface area contributed by atoms with Crippen molar-refractivity contribution in [3.63, 3.8) is 0 Å². The van der Waals surface area contributed by atoms with E-state index in [9.17, 15) is 14.4 Å². The number of H-pyrrole nitrogens is 2. The van der Waals surface area contributed by atoms with Gasteiger partial charge in [-0.3, -0.25) is 39.8 Å². The molecule has 3 atom stereocenters. The Morgan fingerprint density at radius 2 is 1.80 bits per heavy atom. The molecule has 0 radical (unpaired) electrons. The van der Waals surface area contributed by atoms with Crippen molar-refractivity contribution < 1.29 is 28.2 Å². The first kappa shape index (κ1) is 51.8. The van der Waals surface area contributed by atoms with E-state index in [1.165, 1.54) is 39.8 Å². The number of anilines is 2. The smallest absolute Gasteiger partial charge is 0.247 e. The van der Waals surface area contributed by atoms with Gasteiger partial charge in [0.05, 0.1) is 36.3 Å². The number of halogens is 1. The van der Waals surface area contributed by atoms with Gasteiger partial charge in [0.2, 0.25) is 23.4 Å². The van der Waals surface area contributed by atoms with E-state index < -0.39 is 11.9 Å². The molecule has 1 saturated carbocycles. The van der Waals surface area contributed by atoms with Crippen molar-refractivity contribution >= 4 is 53.9 Å². The molecular weight excluding hydrogens is 924 g/mol. The zero-order valence-corrected chi connectivity index (χ0v) is 41.9. The number of methoxy groups -OCH3 is 1. The first-order valence-corrected chi connectivity index (χ1v) is 24.5. The summed E-state index contributed by atoms with van der Waals surface area (Å²) in [6.45, 7) is 13.7. The number of aliphatic imine (C=N–C) groups is 1. The highest BCUT2D eigenvalue weighted by Crippen LogP contribution is 2.44. The normalized spacial score (nSPS) is 17.3. The minimum Gasteiger partial charge on any atom is -0.485 e. The highest BCUT2D eigenvalue weighted by molar-refractivity contribution is 7.99. The van der Waals surface area contributed by atoms with Crippen LogP contribution in [0, 0.1) is 11.7 Å². The van der Waals surface area contributed by atoms with E-state index in [4.69, 9.17) is 9.47 Å². The van der Waals surface area contributed by atoms with Crippen LogP contribution in [-0.4, -0.2) is 102 Å². The van der Waals surface area contributed by atoms with Crippen LogP contribution < -0.4 is 15.4 Å². The molecular formula is C52H61FN12O5S. The molecule has 5 heterocycles. The van der Waals surface area contributed by atoms with Gasteiger partial charge in [0.1, 0.15) is 30.2 Å². The van der Waals surface area contributed by atoms with Crippen LogP contribution in [0.1, 0.15) is 105 Å². The number of aldehydes is 1. The monoisotopic (exact) mass is 984 g/mol. The van der Waals surface area contributed by atoms with Gasteiger partial charge in [-0.25, -0.2) is 9.37 Å². The zero-order valence-electron chi connectivity index (χ0n) is 41.1. The number of ether oxygens (including phenoxy) is 2. The fourth-order valence-corrected chi connectivity index (χ4v) is 9.60. The second kappa shape index (κ2) is 24.2. The molecule has 3 aromatic carbocycles. The van der Waals surface area contributed by atoms with E-state index in [0.717, 1.165) is 52.0 Å². The van der Waals surface area contributed by atoms with Gasteiger partial charge < -0.3 is 14.8 Å². The summed E-state index contributed by atoms with van der Waals surface area (Å²) in [5, 5.41) is 23.3. The van der Waals surface area contributed by atoms with E-state index in [-0.39, 0.29) is 41.7 Å². The van der Waals surface area contributed by atoms with Crippen LogP contribution in [0.25, 0.3) is 16.9 Å². The minimum atomic E-state index is -0.432. The standard InChI is InChI=1S/C42H42FN9O4S.C8H13N3O.C2H6/c1-24(2)56-39-38(31-19-45-46-20-31)44-23-52-40(39)49-42(50-52)47-35-10-9-33(18-34(35)43)57-32-6-4-5-25(16-32)13-26-14-29(15-26)27-7-8-28(22-53)30(17-27)21-51(3)36-11-12-37(54)48-41(36)55;1-6(12-3)8(9-2)7-4-10-11-5-7;1-2/h4-10,16-20,22-24,26,29,36H,11-15,21H2,1-3H3,(H,45,46)(H,47,50)(H,48,54,55);4-6,8H,2H2,1,3H3,(H,10,11);1-2H3. The minimum absolute atomic E-state index is 0.0279. The second-order valence-electron chi connectivity index (χ2n) is 17.6. The van der Waals surface area contributed by atoms with E-state index in [2.05, 4.69) is 76.0 Å².